The first kappa shape index (κ1) is 15.0. The molecule has 0 fully saturated rings. The molecule has 1 atom stereocenters. The zero-order chi connectivity index (χ0) is 16.5. The summed E-state index contributed by atoms with van der Waals surface area (Å²) in [5.41, 5.74) is 4.57. The van der Waals surface area contributed by atoms with Gasteiger partial charge >= 0.3 is 0 Å². The Hall–Kier alpha value is -2.56. The Labute approximate surface area is 141 Å². The Kier molecular flexibility index (Phi) is 3.84. The van der Waals surface area contributed by atoms with Crippen LogP contribution in [-0.2, 0) is 11.2 Å². The largest absolute Gasteiger partial charge is 0.508 e. The number of carbonyl (C=O) groups excluding carboxylic acids is 1. The standard InChI is InChI=1S/C19H21N3O2/c23-15-6-4-13(5-7-15)14-8-10-22(11-9-14)19(24)16-2-1-3-18-17(16)12-20-21-18/h4-8,12,16,23H,1-3,9-11H2,(H,20,21)/t16-/m0/s1. The molecule has 1 aromatic heterocycles. The topological polar surface area (TPSA) is 69.2 Å². The van der Waals surface area contributed by atoms with Gasteiger partial charge in [0.15, 0.2) is 0 Å². The van der Waals surface area contributed by atoms with E-state index in [1.165, 1.54) is 5.57 Å². The molecular formula is C19H21N3O2. The van der Waals surface area contributed by atoms with Gasteiger partial charge in [0.1, 0.15) is 5.75 Å². The average Bonchev–Trinajstić information content (AvgIpc) is 3.11. The van der Waals surface area contributed by atoms with Gasteiger partial charge in [-0.2, -0.15) is 5.10 Å². The Morgan fingerprint density at radius 1 is 1.25 bits per heavy atom. The first-order valence-corrected chi connectivity index (χ1v) is 8.52. The molecule has 24 heavy (non-hydrogen) atoms. The van der Waals surface area contributed by atoms with Crippen LogP contribution in [0.2, 0.25) is 0 Å². The molecule has 4 rings (SSSR count). The van der Waals surface area contributed by atoms with E-state index in [4.69, 9.17) is 0 Å². The Morgan fingerprint density at radius 2 is 2.08 bits per heavy atom. The molecule has 2 N–H and O–H groups in total. The number of aryl methyl sites for hydroxylation is 1. The molecule has 0 spiro atoms. The lowest BCUT2D eigenvalue weighted by Gasteiger charge is -2.31. The maximum Gasteiger partial charge on any atom is 0.230 e. The van der Waals surface area contributed by atoms with Crippen molar-refractivity contribution in [2.75, 3.05) is 13.1 Å². The normalized spacial score (nSPS) is 20.4. The molecule has 0 bridgehead atoms. The Balaban J connectivity index is 1.48. The highest BCUT2D eigenvalue weighted by Gasteiger charge is 2.31. The summed E-state index contributed by atoms with van der Waals surface area (Å²) in [5, 5.41) is 16.5. The second kappa shape index (κ2) is 6.15. The molecule has 5 heteroatoms. The van der Waals surface area contributed by atoms with E-state index < -0.39 is 0 Å². The van der Waals surface area contributed by atoms with Crippen molar-refractivity contribution in [1.82, 2.24) is 15.1 Å². The third kappa shape index (κ3) is 2.70. The van der Waals surface area contributed by atoms with E-state index in [9.17, 15) is 9.90 Å². The number of H-pyrrole nitrogens is 1. The van der Waals surface area contributed by atoms with Gasteiger partial charge in [0.25, 0.3) is 0 Å². The maximum absolute atomic E-state index is 12.9. The molecule has 2 aliphatic rings. The zero-order valence-electron chi connectivity index (χ0n) is 13.5. The van der Waals surface area contributed by atoms with Gasteiger partial charge in [0, 0.05) is 24.3 Å². The minimum Gasteiger partial charge on any atom is -0.508 e. The summed E-state index contributed by atoms with van der Waals surface area (Å²) in [6.07, 6.45) is 7.74. The number of benzene rings is 1. The van der Waals surface area contributed by atoms with Crippen LogP contribution >= 0.6 is 0 Å². The summed E-state index contributed by atoms with van der Waals surface area (Å²) in [7, 11) is 0. The van der Waals surface area contributed by atoms with Crippen molar-refractivity contribution in [2.45, 2.75) is 31.6 Å². The Bertz CT molecular complexity index is 776. The van der Waals surface area contributed by atoms with Gasteiger partial charge < -0.3 is 10.0 Å². The number of rotatable bonds is 2. The van der Waals surface area contributed by atoms with Crippen LogP contribution in [0, 0.1) is 0 Å². The van der Waals surface area contributed by atoms with Crippen LogP contribution in [0.1, 0.15) is 42.0 Å². The van der Waals surface area contributed by atoms with Gasteiger partial charge in [-0.1, -0.05) is 18.2 Å². The SMILES string of the molecule is O=C([C@H]1CCCc2[nH]ncc21)N1CC=C(c2ccc(O)cc2)CC1. The molecule has 2 aromatic rings. The number of hydrogen-bond acceptors (Lipinski definition) is 3. The van der Waals surface area contributed by atoms with Crippen molar-refractivity contribution in [3.05, 3.63) is 53.4 Å². The molecule has 0 unspecified atom stereocenters. The van der Waals surface area contributed by atoms with Gasteiger partial charge in [0.2, 0.25) is 5.91 Å². The van der Waals surface area contributed by atoms with Crippen LogP contribution in [0.3, 0.4) is 0 Å². The number of fused-ring (bicyclic) bond motifs is 1. The minimum absolute atomic E-state index is 0.0453. The molecule has 124 valence electrons. The predicted octanol–water partition coefficient (Wildman–Crippen LogP) is 2.85. The molecule has 1 aromatic carbocycles. The van der Waals surface area contributed by atoms with E-state index in [1.807, 2.05) is 23.2 Å². The van der Waals surface area contributed by atoms with Crippen LogP contribution < -0.4 is 0 Å². The highest BCUT2D eigenvalue weighted by molar-refractivity contribution is 5.85. The van der Waals surface area contributed by atoms with Gasteiger partial charge in [-0.15, -0.1) is 0 Å². The first-order valence-electron chi connectivity index (χ1n) is 8.52. The molecule has 1 aliphatic carbocycles. The van der Waals surface area contributed by atoms with Gasteiger partial charge in [-0.25, -0.2) is 0 Å². The van der Waals surface area contributed by atoms with Gasteiger partial charge in [-0.05, 0) is 49.0 Å². The van der Waals surface area contributed by atoms with Crippen molar-refractivity contribution < 1.29 is 9.90 Å². The summed E-state index contributed by atoms with van der Waals surface area (Å²) in [6, 6.07) is 7.27. The van der Waals surface area contributed by atoms with E-state index in [2.05, 4.69) is 16.3 Å². The summed E-state index contributed by atoms with van der Waals surface area (Å²) in [4.78, 5) is 14.9. The number of nitrogens with one attached hydrogen (secondary N) is 1. The number of amides is 1. The van der Waals surface area contributed by atoms with Crippen molar-refractivity contribution in [2.24, 2.45) is 0 Å². The summed E-state index contributed by atoms with van der Waals surface area (Å²) in [5.74, 6) is 0.453. The summed E-state index contributed by atoms with van der Waals surface area (Å²) in [6.45, 7) is 1.40. The summed E-state index contributed by atoms with van der Waals surface area (Å²) < 4.78 is 0. The molecule has 0 radical (unpaired) electrons. The molecule has 0 saturated carbocycles. The number of aromatic amines is 1. The molecule has 1 amide bonds. The van der Waals surface area contributed by atoms with Crippen LogP contribution in [0.15, 0.2) is 36.5 Å². The third-order valence-electron chi connectivity index (χ3n) is 5.10. The third-order valence-corrected chi connectivity index (χ3v) is 5.10. The lowest BCUT2D eigenvalue weighted by Crippen LogP contribution is -2.38. The van der Waals surface area contributed by atoms with Crippen molar-refractivity contribution in [1.29, 1.82) is 0 Å². The lowest BCUT2D eigenvalue weighted by molar-refractivity contribution is -0.132. The fraction of sp³-hybridized carbons (Fsp3) is 0.368. The molecule has 0 saturated heterocycles. The zero-order valence-corrected chi connectivity index (χ0v) is 13.5. The van der Waals surface area contributed by atoms with Gasteiger partial charge in [0.05, 0.1) is 12.1 Å². The molecule has 2 heterocycles. The number of phenolic OH excluding ortho intramolecular Hbond substituents is 1. The maximum atomic E-state index is 12.9. The highest BCUT2D eigenvalue weighted by Crippen LogP contribution is 2.33. The summed E-state index contributed by atoms with van der Waals surface area (Å²) >= 11 is 0. The van der Waals surface area contributed by atoms with E-state index in [0.717, 1.165) is 49.0 Å². The van der Waals surface area contributed by atoms with E-state index in [1.54, 1.807) is 12.1 Å². The fourth-order valence-corrected chi connectivity index (χ4v) is 3.75. The Morgan fingerprint density at radius 3 is 2.83 bits per heavy atom. The monoisotopic (exact) mass is 323 g/mol. The van der Waals surface area contributed by atoms with Crippen LogP contribution in [-0.4, -0.2) is 39.2 Å². The van der Waals surface area contributed by atoms with Gasteiger partial charge in [-0.3, -0.25) is 9.89 Å². The highest BCUT2D eigenvalue weighted by atomic mass is 16.3. The lowest BCUT2D eigenvalue weighted by atomic mass is 9.85. The molecule has 1 aliphatic heterocycles. The predicted molar refractivity (Wildman–Crippen MR) is 91.5 cm³/mol. The van der Waals surface area contributed by atoms with E-state index in [0.29, 0.717) is 6.54 Å². The number of aromatic nitrogens is 2. The van der Waals surface area contributed by atoms with E-state index in [-0.39, 0.29) is 17.6 Å². The minimum atomic E-state index is -0.0453. The molecule has 5 nitrogen and oxygen atoms in total. The van der Waals surface area contributed by atoms with Crippen LogP contribution in [0.25, 0.3) is 5.57 Å². The average molecular weight is 323 g/mol. The number of aromatic hydroxyl groups is 1. The number of hydrogen-bond donors (Lipinski definition) is 2. The second-order valence-corrected chi connectivity index (χ2v) is 6.56. The quantitative estimate of drug-likeness (QED) is 0.893. The first-order chi connectivity index (χ1) is 11.7. The number of phenols is 1. The van der Waals surface area contributed by atoms with Crippen molar-refractivity contribution in [3.63, 3.8) is 0 Å². The number of carbonyl (C=O) groups is 1. The van der Waals surface area contributed by atoms with Crippen LogP contribution in [0.5, 0.6) is 5.75 Å². The number of nitrogens with zero attached hydrogens (tertiary/aromatic N) is 2. The fourth-order valence-electron chi connectivity index (χ4n) is 3.75. The van der Waals surface area contributed by atoms with Crippen molar-refractivity contribution >= 4 is 11.5 Å². The van der Waals surface area contributed by atoms with Crippen LogP contribution in [0.4, 0.5) is 0 Å². The molecular weight excluding hydrogens is 302 g/mol. The van der Waals surface area contributed by atoms with E-state index >= 15 is 0 Å². The second-order valence-electron chi connectivity index (χ2n) is 6.56. The smallest absolute Gasteiger partial charge is 0.230 e. The van der Waals surface area contributed by atoms with Crippen molar-refractivity contribution in [3.8, 4) is 5.75 Å².